The number of fused-ring (bicyclic) bond motifs is 1. The normalized spacial score (nSPS) is 15.9. The molecule has 0 bridgehead atoms. The van der Waals surface area contributed by atoms with Crippen LogP contribution in [-0.2, 0) is 11.2 Å². The number of nitrogens with zero attached hydrogens (tertiary/aromatic N) is 2. The monoisotopic (exact) mass is 514 g/mol. The van der Waals surface area contributed by atoms with Gasteiger partial charge in [-0.25, -0.2) is 4.39 Å². The number of hydrogen-bond donors (Lipinski definition) is 0. The first-order valence-corrected chi connectivity index (χ1v) is 12.9. The van der Waals surface area contributed by atoms with Crippen molar-refractivity contribution in [1.29, 1.82) is 0 Å². The van der Waals surface area contributed by atoms with Crippen LogP contribution in [0, 0.1) is 5.82 Å². The fraction of sp³-hybridized carbons (Fsp3) is 0.333. The van der Waals surface area contributed by atoms with Crippen LogP contribution in [0.25, 0.3) is 0 Å². The molecule has 0 fully saturated rings. The van der Waals surface area contributed by atoms with Crippen LogP contribution in [0.3, 0.4) is 0 Å². The minimum Gasteiger partial charge on any atom is -0.491 e. The van der Waals surface area contributed by atoms with Gasteiger partial charge >= 0.3 is 0 Å². The lowest BCUT2D eigenvalue weighted by atomic mass is 10.00. The molecule has 4 rings (SSSR count). The highest BCUT2D eigenvalue weighted by atomic mass is 35.5. The van der Waals surface area contributed by atoms with Gasteiger partial charge in [0.1, 0.15) is 24.7 Å². The molecule has 1 aliphatic heterocycles. The number of benzene rings is 2. The molecule has 0 radical (unpaired) electrons. The van der Waals surface area contributed by atoms with Gasteiger partial charge in [-0.15, -0.1) is 11.3 Å². The van der Waals surface area contributed by atoms with Crippen molar-refractivity contribution in [3.8, 4) is 5.75 Å². The molecule has 0 N–H and O–H groups in total. The van der Waals surface area contributed by atoms with Crippen LogP contribution in [0.15, 0.2) is 60.0 Å². The van der Waals surface area contributed by atoms with Crippen LogP contribution in [0.1, 0.15) is 47.1 Å². The second-order valence-corrected chi connectivity index (χ2v) is 10.0. The summed E-state index contributed by atoms with van der Waals surface area (Å²) in [4.78, 5) is 31.4. The lowest BCUT2D eigenvalue weighted by Gasteiger charge is -2.38. The van der Waals surface area contributed by atoms with Gasteiger partial charge in [0, 0.05) is 22.5 Å². The Hall–Kier alpha value is -2.90. The van der Waals surface area contributed by atoms with E-state index in [1.807, 2.05) is 25.3 Å². The van der Waals surface area contributed by atoms with Crippen molar-refractivity contribution in [2.24, 2.45) is 0 Å². The Morgan fingerprint density at radius 3 is 2.66 bits per heavy atom. The topological polar surface area (TPSA) is 49.9 Å². The third-order valence-corrected chi connectivity index (χ3v) is 7.68. The van der Waals surface area contributed by atoms with Gasteiger partial charge in [0.15, 0.2) is 0 Å². The van der Waals surface area contributed by atoms with Crippen LogP contribution < -0.4 is 4.74 Å². The zero-order chi connectivity index (χ0) is 24.9. The Balaban J connectivity index is 1.55. The minimum absolute atomic E-state index is 0.0259. The maximum atomic E-state index is 14.4. The average Bonchev–Trinajstić information content (AvgIpc) is 3.35. The van der Waals surface area contributed by atoms with Gasteiger partial charge in [0.2, 0.25) is 5.91 Å². The summed E-state index contributed by atoms with van der Waals surface area (Å²) in [6, 6.07) is 14.5. The summed E-state index contributed by atoms with van der Waals surface area (Å²) in [6.45, 7) is 4.50. The summed E-state index contributed by atoms with van der Waals surface area (Å²) in [5.41, 5.74) is 1.04. The Kier molecular flexibility index (Phi) is 8.08. The number of ether oxygens (including phenoxy) is 1. The molecule has 3 aromatic rings. The third-order valence-electron chi connectivity index (χ3n) is 6.43. The van der Waals surface area contributed by atoms with Crippen molar-refractivity contribution in [3.63, 3.8) is 0 Å². The zero-order valence-electron chi connectivity index (χ0n) is 19.7. The van der Waals surface area contributed by atoms with Gasteiger partial charge in [0.25, 0.3) is 5.91 Å². The molecule has 1 aliphatic rings. The molecule has 2 atom stereocenters. The zero-order valence-corrected chi connectivity index (χ0v) is 21.3. The van der Waals surface area contributed by atoms with Crippen LogP contribution in [0.4, 0.5) is 4.39 Å². The lowest BCUT2D eigenvalue weighted by molar-refractivity contribution is -0.136. The summed E-state index contributed by atoms with van der Waals surface area (Å²) in [5.74, 6) is -0.585. The number of thiophene rings is 1. The predicted octanol–water partition coefficient (Wildman–Crippen LogP) is 5.99. The minimum atomic E-state index is -0.589. The summed E-state index contributed by atoms with van der Waals surface area (Å²) in [5, 5.41) is 2.65. The number of amides is 2. The molecule has 1 aromatic heterocycles. The molecule has 0 aliphatic carbocycles. The highest BCUT2D eigenvalue weighted by Crippen LogP contribution is 2.34. The summed E-state index contributed by atoms with van der Waals surface area (Å²) < 4.78 is 20.4. The van der Waals surface area contributed by atoms with E-state index < -0.39 is 11.7 Å². The van der Waals surface area contributed by atoms with Crippen LogP contribution in [0.2, 0.25) is 5.02 Å². The molecule has 0 saturated carbocycles. The van der Waals surface area contributed by atoms with E-state index in [0.29, 0.717) is 23.7 Å². The molecule has 5 nitrogen and oxygen atoms in total. The quantitative estimate of drug-likeness (QED) is 0.371. The predicted molar refractivity (Wildman–Crippen MR) is 137 cm³/mol. The van der Waals surface area contributed by atoms with E-state index in [1.54, 1.807) is 52.6 Å². The smallest absolute Gasteiger partial charge is 0.257 e. The summed E-state index contributed by atoms with van der Waals surface area (Å²) >= 11 is 7.66. The van der Waals surface area contributed by atoms with Gasteiger partial charge < -0.3 is 14.5 Å². The molecule has 0 unspecified atom stereocenters. The molecule has 2 aromatic carbocycles. The second-order valence-electron chi connectivity index (χ2n) is 8.59. The van der Waals surface area contributed by atoms with E-state index >= 15 is 0 Å². The molecular formula is C27H28ClFN2O3S. The third kappa shape index (κ3) is 5.68. The van der Waals surface area contributed by atoms with E-state index in [1.165, 1.54) is 21.9 Å². The summed E-state index contributed by atoms with van der Waals surface area (Å²) in [6.07, 6.45) is 1.39. The summed E-state index contributed by atoms with van der Waals surface area (Å²) in [7, 11) is 0. The van der Waals surface area contributed by atoms with Crippen molar-refractivity contribution < 1.29 is 18.7 Å². The van der Waals surface area contributed by atoms with E-state index in [4.69, 9.17) is 16.3 Å². The maximum absolute atomic E-state index is 14.4. The number of halogens is 2. The van der Waals surface area contributed by atoms with Gasteiger partial charge in [-0.1, -0.05) is 30.7 Å². The average molecular weight is 515 g/mol. The van der Waals surface area contributed by atoms with E-state index in [-0.39, 0.29) is 36.7 Å². The Morgan fingerprint density at radius 1 is 1.20 bits per heavy atom. The molecule has 35 heavy (non-hydrogen) atoms. The molecular weight excluding hydrogens is 487 g/mol. The fourth-order valence-electron chi connectivity index (χ4n) is 4.25. The van der Waals surface area contributed by atoms with E-state index in [9.17, 15) is 14.0 Å². The van der Waals surface area contributed by atoms with Crippen LogP contribution in [-0.4, -0.2) is 47.4 Å². The standard InChI is InChI=1S/C27H28ClFN2O3S/c1-3-18(2)31(27(33)21-6-4-5-7-23(21)29)16-26(32)30-14-12-25-22(13-15-35-25)24(30)17-34-20-10-8-19(28)9-11-20/h4-11,13,15,18,24H,3,12,14,16-17H2,1-2H3/t18-,24+/m1/s1. The van der Waals surface area contributed by atoms with E-state index in [2.05, 4.69) is 0 Å². The SMILES string of the molecule is CC[C@@H](C)N(CC(=O)N1CCc2sccc2[C@@H]1COc1ccc(Cl)cc1)C(=O)c1ccccc1F. The lowest BCUT2D eigenvalue weighted by Crippen LogP contribution is -2.50. The molecule has 8 heteroatoms. The maximum Gasteiger partial charge on any atom is 0.257 e. The highest BCUT2D eigenvalue weighted by molar-refractivity contribution is 7.10. The van der Waals surface area contributed by atoms with Gasteiger partial charge in [-0.3, -0.25) is 9.59 Å². The number of rotatable bonds is 8. The van der Waals surface area contributed by atoms with Crippen molar-refractivity contribution in [2.75, 3.05) is 19.7 Å². The molecule has 2 amide bonds. The van der Waals surface area contributed by atoms with Crippen LogP contribution >= 0.6 is 22.9 Å². The Morgan fingerprint density at radius 2 is 1.94 bits per heavy atom. The first kappa shape index (κ1) is 25.2. The fourth-order valence-corrected chi connectivity index (χ4v) is 5.31. The van der Waals surface area contributed by atoms with Crippen molar-refractivity contribution >= 4 is 34.8 Å². The highest BCUT2D eigenvalue weighted by Gasteiger charge is 2.34. The van der Waals surface area contributed by atoms with Gasteiger partial charge in [-0.05, 0) is 73.2 Å². The second kappa shape index (κ2) is 11.2. The van der Waals surface area contributed by atoms with Gasteiger partial charge in [-0.2, -0.15) is 0 Å². The Bertz CT molecular complexity index is 1180. The first-order valence-electron chi connectivity index (χ1n) is 11.7. The Labute approximate surface area is 214 Å². The number of carbonyl (C=O) groups is 2. The van der Waals surface area contributed by atoms with Gasteiger partial charge in [0.05, 0.1) is 11.6 Å². The number of carbonyl (C=O) groups excluding carboxylic acids is 2. The molecule has 2 heterocycles. The number of hydrogen-bond acceptors (Lipinski definition) is 4. The first-order chi connectivity index (χ1) is 16.9. The molecule has 0 saturated heterocycles. The largest absolute Gasteiger partial charge is 0.491 e. The molecule has 0 spiro atoms. The van der Waals surface area contributed by atoms with Crippen LogP contribution in [0.5, 0.6) is 5.75 Å². The molecule has 184 valence electrons. The van der Waals surface area contributed by atoms with E-state index in [0.717, 1.165) is 12.0 Å². The van der Waals surface area contributed by atoms with Crippen molar-refractivity contribution in [2.45, 2.75) is 38.8 Å². The van der Waals surface area contributed by atoms with Crippen molar-refractivity contribution in [1.82, 2.24) is 9.80 Å². The van der Waals surface area contributed by atoms with Crippen molar-refractivity contribution in [3.05, 3.63) is 86.8 Å².